The highest BCUT2D eigenvalue weighted by Gasteiger charge is 2.22. The van der Waals surface area contributed by atoms with Crippen LogP contribution < -0.4 is 5.56 Å². The second kappa shape index (κ2) is 9.17. The van der Waals surface area contributed by atoms with Crippen LogP contribution in [0, 0.1) is 6.92 Å². The third-order valence-corrected chi connectivity index (χ3v) is 7.77. The first-order valence-corrected chi connectivity index (χ1v) is 12.5. The van der Waals surface area contributed by atoms with Crippen molar-refractivity contribution in [2.45, 2.75) is 50.1 Å². The average molecular weight is 469 g/mol. The monoisotopic (exact) mass is 468 g/mol. The minimum atomic E-state index is 0.0277. The molecule has 32 heavy (non-hydrogen) atoms. The molecule has 0 unspecified atom stereocenters. The lowest BCUT2D eigenvalue weighted by Gasteiger charge is -2.12. The number of aromatic nitrogens is 4. The van der Waals surface area contributed by atoms with Crippen molar-refractivity contribution in [1.82, 2.24) is 19.7 Å². The summed E-state index contributed by atoms with van der Waals surface area (Å²) in [5, 5.41) is 5.57. The number of ether oxygens (including phenoxy) is 1. The van der Waals surface area contributed by atoms with Crippen molar-refractivity contribution in [3.63, 3.8) is 0 Å². The van der Waals surface area contributed by atoms with Gasteiger partial charge in [-0.15, -0.1) is 11.3 Å². The molecule has 0 bridgehead atoms. The second-order valence-electron chi connectivity index (χ2n) is 7.90. The van der Waals surface area contributed by atoms with E-state index in [1.54, 1.807) is 23.0 Å². The predicted molar refractivity (Wildman–Crippen MR) is 126 cm³/mol. The fourth-order valence-electron chi connectivity index (χ4n) is 4.05. The van der Waals surface area contributed by atoms with Crippen molar-refractivity contribution in [3.8, 4) is 11.4 Å². The van der Waals surface area contributed by atoms with Gasteiger partial charge in [-0.05, 0) is 44.2 Å². The van der Waals surface area contributed by atoms with Crippen LogP contribution >= 0.6 is 23.1 Å². The van der Waals surface area contributed by atoms with Crippen LogP contribution in [0.2, 0.25) is 0 Å². The molecule has 0 spiro atoms. The first-order chi connectivity index (χ1) is 15.6. The van der Waals surface area contributed by atoms with Crippen LogP contribution in [-0.2, 0) is 29.9 Å². The zero-order chi connectivity index (χ0) is 22.1. The molecule has 9 heteroatoms. The second-order valence-corrected chi connectivity index (χ2v) is 9.93. The molecule has 4 aromatic rings. The Bertz CT molecular complexity index is 1320. The van der Waals surface area contributed by atoms with Gasteiger partial charge in [-0.3, -0.25) is 9.36 Å². The number of benzene rings is 1. The molecular formula is C23H24N4O3S2. The van der Waals surface area contributed by atoms with Gasteiger partial charge in [0.05, 0.1) is 24.3 Å². The highest BCUT2D eigenvalue weighted by atomic mass is 32.2. The standard InChI is InChI=1S/C23H24N4O3S2/c1-14-6-5-7-15(12-14)20-24-18(30-26-20)13-31-23-25-21-19(22(28)27(23)10-11-29-2)16-8-3-4-9-17(16)32-21/h5-7,12H,3-4,8-11,13H2,1-2H3. The highest BCUT2D eigenvalue weighted by molar-refractivity contribution is 7.98. The number of thiophene rings is 1. The normalized spacial score (nSPS) is 13.6. The fraction of sp³-hybridized carbons (Fsp3) is 0.391. The van der Waals surface area contributed by atoms with Gasteiger partial charge < -0.3 is 9.26 Å². The largest absolute Gasteiger partial charge is 0.383 e. The lowest BCUT2D eigenvalue weighted by atomic mass is 9.97. The molecule has 5 rings (SSSR count). The van der Waals surface area contributed by atoms with Crippen LogP contribution in [-0.4, -0.2) is 33.4 Å². The van der Waals surface area contributed by atoms with Crippen molar-refractivity contribution in [1.29, 1.82) is 0 Å². The van der Waals surface area contributed by atoms with Gasteiger partial charge in [-0.25, -0.2) is 4.98 Å². The zero-order valence-corrected chi connectivity index (χ0v) is 19.7. The Balaban J connectivity index is 1.45. The van der Waals surface area contributed by atoms with E-state index in [0.29, 0.717) is 35.8 Å². The van der Waals surface area contributed by atoms with Crippen LogP contribution in [0.5, 0.6) is 0 Å². The molecule has 0 amide bonds. The minimum Gasteiger partial charge on any atom is -0.383 e. The Labute approximate surface area is 193 Å². The molecule has 7 nitrogen and oxygen atoms in total. The van der Waals surface area contributed by atoms with E-state index in [4.69, 9.17) is 14.2 Å². The summed E-state index contributed by atoms with van der Waals surface area (Å²) in [5.74, 6) is 1.51. The van der Waals surface area contributed by atoms with Crippen LogP contribution in [0.4, 0.5) is 0 Å². The molecule has 1 aliphatic carbocycles. The number of thioether (sulfide) groups is 1. The molecule has 0 atom stereocenters. The van der Waals surface area contributed by atoms with E-state index in [1.807, 2.05) is 31.2 Å². The van der Waals surface area contributed by atoms with Gasteiger partial charge in [-0.2, -0.15) is 4.98 Å². The number of nitrogens with zero attached hydrogens (tertiary/aromatic N) is 4. The molecule has 1 aliphatic rings. The quantitative estimate of drug-likeness (QED) is 0.289. The number of hydrogen-bond donors (Lipinski definition) is 0. The van der Waals surface area contributed by atoms with Gasteiger partial charge in [0, 0.05) is 17.6 Å². The van der Waals surface area contributed by atoms with E-state index in [-0.39, 0.29) is 5.56 Å². The summed E-state index contributed by atoms with van der Waals surface area (Å²) in [6.45, 7) is 2.94. The van der Waals surface area contributed by atoms with Crippen molar-refractivity contribution in [3.05, 3.63) is 56.5 Å². The Hall–Kier alpha value is -2.49. The van der Waals surface area contributed by atoms with E-state index in [1.165, 1.54) is 28.6 Å². The van der Waals surface area contributed by atoms with Crippen LogP contribution in [0.25, 0.3) is 21.6 Å². The first kappa shape index (κ1) is 21.4. The number of hydrogen-bond acceptors (Lipinski definition) is 8. The Morgan fingerprint density at radius 2 is 2.12 bits per heavy atom. The summed E-state index contributed by atoms with van der Waals surface area (Å²) in [5.41, 5.74) is 3.29. The minimum absolute atomic E-state index is 0.0277. The molecule has 166 valence electrons. The lowest BCUT2D eigenvalue weighted by molar-refractivity contribution is 0.183. The van der Waals surface area contributed by atoms with E-state index in [0.717, 1.165) is 40.6 Å². The summed E-state index contributed by atoms with van der Waals surface area (Å²) in [4.78, 5) is 25.0. The lowest BCUT2D eigenvalue weighted by Crippen LogP contribution is -2.25. The summed E-state index contributed by atoms with van der Waals surface area (Å²) >= 11 is 3.11. The highest BCUT2D eigenvalue weighted by Crippen LogP contribution is 2.35. The van der Waals surface area contributed by atoms with Gasteiger partial charge >= 0.3 is 0 Å². The van der Waals surface area contributed by atoms with E-state index < -0.39 is 0 Å². The van der Waals surface area contributed by atoms with E-state index in [9.17, 15) is 4.79 Å². The average Bonchev–Trinajstić information content (AvgIpc) is 3.42. The summed E-state index contributed by atoms with van der Waals surface area (Å²) < 4.78 is 12.5. The molecule has 0 aliphatic heterocycles. The van der Waals surface area contributed by atoms with Gasteiger partial charge in [0.15, 0.2) is 5.16 Å². The molecule has 0 N–H and O–H groups in total. The predicted octanol–water partition coefficient (Wildman–Crippen LogP) is 4.63. The third-order valence-electron chi connectivity index (χ3n) is 5.63. The SMILES string of the molecule is COCCn1c(SCc2nc(-c3cccc(C)c3)no2)nc2sc3c(c2c1=O)CCCC3. The van der Waals surface area contributed by atoms with Crippen LogP contribution in [0.1, 0.15) is 34.7 Å². The molecule has 0 saturated carbocycles. The van der Waals surface area contributed by atoms with Gasteiger partial charge in [0.2, 0.25) is 11.7 Å². The Kier molecular flexibility index (Phi) is 6.12. The van der Waals surface area contributed by atoms with Gasteiger partial charge in [0.1, 0.15) is 4.83 Å². The maximum atomic E-state index is 13.4. The molecule has 3 heterocycles. The van der Waals surface area contributed by atoms with E-state index in [2.05, 4.69) is 10.1 Å². The molecule has 0 fully saturated rings. The summed E-state index contributed by atoms with van der Waals surface area (Å²) in [6.07, 6.45) is 4.32. The molecular weight excluding hydrogens is 444 g/mol. The topological polar surface area (TPSA) is 83.0 Å². The molecule has 0 saturated heterocycles. The zero-order valence-electron chi connectivity index (χ0n) is 18.1. The number of methoxy groups -OCH3 is 1. The van der Waals surface area contributed by atoms with Crippen molar-refractivity contribution in [2.24, 2.45) is 0 Å². The number of aryl methyl sites for hydroxylation is 3. The molecule has 3 aromatic heterocycles. The van der Waals surface area contributed by atoms with Gasteiger partial charge in [0.25, 0.3) is 5.56 Å². The maximum Gasteiger partial charge on any atom is 0.263 e. The van der Waals surface area contributed by atoms with Crippen molar-refractivity contribution in [2.75, 3.05) is 13.7 Å². The summed E-state index contributed by atoms with van der Waals surface area (Å²) in [7, 11) is 1.64. The van der Waals surface area contributed by atoms with Crippen LogP contribution in [0.15, 0.2) is 38.7 Å². The first-order valence-electron chi connectivity index (χ1n) is 10.7. The molecule has 0 radical (unpaired) electrons. The van der Waals surface area contributed by atoms with Crippen molar-refractivity contribution < 1.29 is 9.26 Å². The maximum absolute atomic E-state index is 13.4. The smallest absolute Gasteiger partial charge is 0.263 e. The van der Waals surface area contributed by atoms with Crippen molar-refractivity contribution >= 4 is 33.3 Å². The van der Waals surface area contributed by atoms with Crippen LogP contribution in [0.3, 0.4) is 0 Å². The number of fused-ring (bicyclic) bond motifs is 3. The number of rotatable bonds is 7. The molecule has 1 aromatic carbocycles. The summed E-state index contributed by atoms with van der Waals surface area (Å²) in [6, 6.07) is 8.00. The Morgan fingerprint density at radius 3 is 2.97 bits per heavy atom. The van der Waals surface area contributed by atoms with Gasteiger partial charge in [-0.1, -0.05) is 40.7 Å². The Morgan fingerprint density at radius 1 is 1.25 bits per heavy atom. The fourth-order valence-corrected chi connectivity index (χ4v) is 6.22. The third kappa shape index (κ3) is 4.12. The van der Waals surface area contributed by atoms with E-state index >= 15 is 0 Å².